The lowest BCUT2D eigenvalue weighted by molar-refractivity contribution is 0.191. The third-order valence-electron chi connectivity index (χ3n) is 3.52. The van der Waals surface area contributed by atoms with Crippen molar-refractivity contribution in [2.45, 2.75) is 25.9 Å². The first kappa shape index (κ1) is 11.5. The van der Waals surface area contributed by atoms with Crippen molar-refractivity contribution in [3.63, 3.8) is 0 Å². The number of aliphatic hydroxyl groups excluding tert-OH is 1. The van der Waals surface area contributed by atoms with E-state index in [-0.39, 0.29) is 0 Å². The molecule has 1 fully saturated rings. The van der Waals surface area contributed by atoms with Gasteiger partial charge < -0.3 is 9.84 Å². The molecule has 1 atom stereocenters. The first-order chi connectivity index (χ1) is 8.75. The summed E-state index contributed by atoms with van der Waals surface area (Å²) in [4.78, 5) is 0. The highest BCUT2D eigenvalue weighted by Gasteiger charge is 2.23. The van der Waals surface area contributed by atoms with Gasteiger partial charge in [0.05, 0.1) is 12.7 Å². The topological polar surface area (TPSA) is 29.5 Å². The minimum absolute atomic E-state index is 0.496. The predicted octanol–water partition coefficient (Wildman–Crippen LogP) is 3.68. The van der Waals surface area contributed by atoms with Gasteiger partial charge in [-0.2, -0.15) is 0 Å². The molecule has 0 aliphatic heterocycles. The van der Waals surface area contributed by atoms with Gasteiger partial charge in [0.15, 0.2) is 0 Å². The molecule has 0 amide bonds. The molecule has 0 spiro atoms. The highest BCUT2D eigenvalue weighted by atomic mass is 16.5. The Hall–Kier alpha value is -1.54. The van der Waals surface area contributed by atoms with Crippen LogP contribution in [0.4, 0.5) is 0 Å². The van der Waals surface area contributed by atoms with Gasteiger partial charge in [0.1, 0.15) is 5.75 Å². The van der Waals surface area contributed by atoms with Crippen molar-refractivity contribution in [3.05, 3.63) is 42.0 Å². The third kappa shape index (κ3) is 2.21. The summed E-state index contributed by atoms with van der Waals surface area (Å²) in [6, 6.07) is 12.2. The van der Waals surface area contributed by atoms with Gasteiger partial charge in [0.25, 0.3) is 0 Å². The van der Waals surface area contributed by atoms with Crippen LogP contribution in [0, 0.1) is 5.92 Å². The fourth-order valence-corrected chi connectivity index (χ4v) is 2.24. The second kappa shape index (κ2) is 4.62. The van der Waals surface area contributed by atoms with Crippen molar-refractivity contribution in [2.75, 3.05) is 6.61 Å². The Morgan fingerprint density at radius 2 is 2.00 bits per heavy atom. The van der Waals surface area contributed by atoms with E-state index in [0.717, 1.165) is 28.7 Å². The van der Waals surface area contributed by atoms with Crippen LogP contribution in [-0.4, -0.2) is 11.7 Å². The molecule has 2 aromatic rings. The zero-order valence-corrected chi connectivity index (χ0v) is 10.6. The summed E-state index contributed by atoms with van der Waals surface area (Å²) in [7, 11) is 0. The predicted molar refractivity (Wildman–Crippen MR) is 72.8 cm³/mol. The van der Waals surface area contributed by atoms with E-state index in [2.05, 4.69) is 12.1 Å². The summed E-state index contributed by atoms with van der Waals surface area (Å²) in [6.07, 6.45) is 2.05. The van der Waals surface area contributed by atoms with Crippen LogP contribution in [0.3, 0.4) is 0 Å². The first-order valence-electron chi connectivity index (χ1n) is 6.58. The summed E-state index contributed by atoms with van der Waals surface area (Å²) >= 11 is 0. The average molecular weight is 242 g/mol. The van der Waals surface area contributed by atoms with Crippen molar-refractivity contribution < 1.29 is 9.84 Å². The quantitative estimate of drug-likeness (QED) is 0.886. The number of hydrogen-bond acceptors (Lipinski definition) is 2. The summed E-state index contributed by atoms with van der Waals surface area (Å²) in [6.45, 7) is 2.56. The minimum Gasteiger partial charge on any atom is -0.492 e. The van der Waals surface area contributed by atoms with Crippen LogP contribution in [0.5, 0.6) is 5.75 Å². The summed E-state index contributed by atoms with van der Waals surface area (Å²) in [5.74, 6) is 1.57. The van der Waals surface area contributed by atoms with Gasteiger partial charge in [-0.15, -0.1) is 0 Å². The summed E-state index contributed by atoms with van der Waals surface area (Å²) in [5.41, 5.74) is 0.884. The Labute approximate surface area is 107 Å². The normalized spacial score (nSPS) is 16.8. The zero-order chi connectivity index (χ0) is 12.5. The van der Waals surface area contributed by atoms with E-state index < -0.39 is 6.10 Å². The van der Waals surface area contributed by atoms with Crippen LogP contribution < -0.4 is 4.74 Å². The van der Waals surface area contributed by atoms with Crippen molar-refractivity contribution in [1.82, 2.24) is 0 Å². The molecule has 1 saturated carbocycles. The summed E-state index contributed by atoms with van der Waals surface area (Å²) in [5, 5.41) is 12.1. The molecule has 1 N–H and O–H groups in total. The average Bonchev–Trinajstić information content (AvgIpc) is 3.19. The lowest BCUT2D eigenvalue weighted by Gasteiger charge is -2.16. The maximum absolute atomic E-state index is 9.86. The lowest BCUT2D eigenvalue weighted by Crippen LogP contribution is -2.04. The van der Waals surface area contributed by atoms with Crippen LogP contribution in [0.1, 0.15) is 31.4 Å². The van der Waals surface area contributed by atoms with Gasteiger partial charge >= 0.3 is 0 Å². The van der Waals surface area contributed by atoms with Crippen molar-refractivity contribution in [2.24, 2.45) is 5.92 Å². The number of hydrogen-bond donors (Lipinski definition) is 1. The molecule has 0 saturated heterocycles. The van der Waals surface area contributed by atoms with Gasteiger partial charge in [-0.25, -0.2) is 0 Å². The van der Waals surface area contributed by atoms with Crippen molar-refractivity contribution in [1.29, 1.82) is 0 Å². The highest BCUT2D eigenvalue weighted by Crippen LogP contribution is 2.36. The molecule has 94 valence electrons. The minimum atomic E-state index is -0.496. The molecule has 2 nitrogen and oxygen atoms in total. The Kier molecular flexibility index (Phi) is 2.96. The Morgan fingerprint density at radius 1 is 1.22 bits per heavy atom. The zero-order valence-electron chi connectivity index (χ0n) is 10.6. The molecule has 0 heterocycles. The van der Waals surface area contributed by atoms with Crippen LogP contribution in [0.2, 0.25) is 0 Å². The van der Waals surface area contributed by atoms with E-state index in [4.69, 9.17) is 4.74 Å². The number of benzene rings is 2. The van der Waals surface area contributed by atoms with Crippen LogP contribution >= 0.6 is 0 Å². The van der Waals surface area contributed by atoms with E-state index >= 15 is 0 Å². The fourth-order valence-electron chi connectivity index (χ4n) is 2.24. The van der Waals surface area contributed by atoms with E-state index in [0.29, 0.717) is 5.92 Å². The molecule has 2 heteroatoms. The van der Waals surface area contributed by atoms with Crippen molar-refractivity contribution >= 4 is 10.8 Å². The molecule has 2 aromatic carbocycles. The molecule has 18 heavy (non-hydrogen) atoms. The fraction of sp³-hybridized carbons (Fsp3) is 0.375. The first-order valence-corrected chi connectivity index (χ1v) is 6.58. The van der Waals surface area contributed by atoms with Gasteiger partial charge in [-0.1, -0.05) is 36.4 Å². The monoisotopic (exact) mass is 242 g/mol. The maximum Gasteiger partial charge on any atom is 0.132 e. The number of ether oxygens (including phenoxy) is 1. The Morgan fingerprint density at radius 3 is 2.72 bits per heavy atom. The standard InChI is InChI=1S/C16H18O2/c1-11(17)14-9-8-13-4-2-3-5-15(13)16(14)18-10-12-6-7-12/h2-5,8-9,11-12,17H,6-7,10H2,1H3. The second-order valence-electron chi connectivity index (χ2n) is 5.14. The smallest absolute Gasteiger partial charge is 0.132 e. The van der Waals surface area contributed by atoms with Crippen LogP contribution in [0.15, 0.2) is 36.4 Å². The molecule has 0 aromatic heterocycles. The van der Waals surface area contributed by atoms with Gasteiger partial charge in [0.2, 0.25) is 0 Å². The highest BCUT2D eigenvalue weighted by molar-refractivity contribution is 5.89. The second-order valence-corrected chi connectivity index (χ2v) is 5.14. The molecule has 0 bridgehead atoms. The van der Waals surface area contributed by atoms with E-state index in [1.165, 1.54) is 12.8 Å². The Balaban J connectivity index is 2.05. The maximum atomic E-state index is 9.86. The largest absolute Gasteiger partial charge is 0.492 e. The Bertz CT molecular complexity index is 556. The lowest BCUT2D eigenvalue weighted by atomic mass is 10.0. The molecular weight excluding hydrogens is 224 g/mol. The number of rotatable bonds is 4. The molecule has 0 radical (unpaired) electrons. The van der Waals surface area contributed by atoms with E-state index in [1.807, 2.05) is 24.3 Å². The molecule has 1 aliphatic carbocycles. The van der Waals surface area contributed by atoms with Crippen molar-refractivity contribution in [3.8, 4) is 5.75 Å². The van der Waals surface area contributed by atoms with Crippen LogP contribution in [0.25, 0.3) is 10.8 Å². The van der Waals surface area contributed by atoms with Gasteiger partial charge in [-0.05, 0) is 31.1 Å². The van der Waals surface area contributed by atoms with Gasteiger partial charge in [-0.3, -0.25) is 0 Å². The van der Waals surface area contributed by atoms with E-state index in [1.54, 1.807) is 6.92 Å². The SMILES string of the molecule is CC(O)c1ccc2ccccc2c1OCC1CC1. The van der Waals surface area contributed by atoms with Crippen LogP contribution in [-0.2, 0) is 0 Å². The van der Waals surface area contributed by atoms with E-state index in [9.17, 15) is 5.11 Å². The molecule has 3 rings (SSSR count). The molecule has 1 unspecified atom stereocenters. The summed E-state index contributed by atoms with van der Waals surface area (Å²) < 4.78 is 5.98. The molecule has 1 aliphatic rings. The number of fused-ring (bicyclic) bond motifs is 1. The van der Waals surface area contributed by atoms with Gasteiger partial charge in [0, 0.05) is 10.9 Å². The molecular formula is C16H18O2. The third-order valence-corrected chi connectivity index (χ3v) is 3.52. The number of aliphatic hydroxyl groups is 1.